The first kappa shape index (κ1) is 12.4. The molecule has 16 heavy (non-hydrogen) atoms. The van der Waals surface area contributed by atoms with E-state index in [1.54, 1.807) is 0 Å². The Balaban J connectivity index is 1.83. The second-order valence-electron chi connectivity index (χ2n) is 4.94. The van der Waals surface area contributed by atoms with Gasteiger partial charge in [-0.3, -0.25) is 4.79 Å². The van der Waals surface area contributed by atoms with Crippen molar-refractivity contribution < 1.29 is 4.79 Å². The van der Waals surface area contributed by atoms with Gasteiger partial charge in [0.1, 0.15) is 0 Å². The molecule has 2 atom stereocenters. The molecule has 0 aromatic rings. The number of alkyl halides is 1. The zero-order valence-electron chi connectivity index (χ0n) is 9.99. The number of likely N-dealkylation sites (tertiary alicyclic amines) is 2. The van der Waals surface area contributed by atoms with Crippen molar-refractivity contribution in [1.29, 1.82) is 0 Å². The maximum Gasteiger partial charge on any atom is 0.236 e. The number of hydrogen-bond acceptors (Lipinski definition) is 2. The maximum absolute atomic E-state index is 11.9. The minimum atomic E-state index is 0.0740. The van der Waals surface area contributed by atoms with Crippen LogP contribution in [0.1, 0.15) is 26.2 Å². The van der Waals surface area contributed by atoms with Gasteiger partial charge in [-0.05, 0) is 38.3 Å². The molecule has 2 aliphatic rings. The van der Waals surface area contributed by atoms with Crippen molar-refractivity contribution in [2.45, 2.75) is 31.0 Å². The van der Waals surface area contributed by atoms with Gasteiger partial charge in [-0.1, -0.05) is 22.9 Å². The van der Waals surface area contributed by atoms with Gasteiger partial charge in [-0.15, -0.1) is 0 Å². The van der Waals surface area contributed by atoms with Gasteiger partial charge in [0.2, 0.25) is 5.91 Å². The topological polar surface area (TPSA) is 23.6 Å². The van der Waals surface area contributed by atoms with Crippen molar-refractivity contribution in [1.82, 2.24) is 9.80 Å². The van der Waals surface area contributed by atoms with E-state index in [-0.39, 0.29) is 4.83 Å². The van der Waals surface area contributed by atoms with Crippen LogP contribution >= 0.6 is 15.9 Å². The molecule has 1 amide bonds. The smallest absolute Gasteiger partial charge is 0.236 e. The maximum atomic E-state index is 11.9. The lowest BCUT2D eigenvalue weighted by Gasteiger charge is -2.31. The van der Waals surface area contributed by atoms with Gasteiger partial charge in [0.05, 0.1) is 4.83 Å². The zero-order chi connectivity index (χ0) is 11.5. The summed E-state index contributed by atoms with van der Waals surface area (Å²) < 4.78 is 0. The number of nitrogens with zero attached hydrogens (tertiary/aromatic N) is 2. The summed E-state index contributed by atoms with van der Waals surface area (Å²) in [6, 6.07) is 0. The molecule has 3 nitrogen and oxygen atoms in total. The Morgan fingerprint density at radius 1 is 1.38 bits per heavy atom. The molecule has 4 heteroatoms. The third-order valence-corrected chi connectivity index (χ3v) is 4.61. The van der Waals surface area contributed by atoms with Crippen molar-refractivity contribution >= 4 is 21.8 Å². The molecule has 92 valence electrons. The Morgan fingerprint density at radius 2 is 2.19 bits per heavy atom. The largest absolute Gasteiger partial charge is 0.341 e. The van der Waals surface area contributed by atoms with Gasteiger partial charge in [0.15, 0.2) is 0 Å². The van der Waals surface area contributed by atoms with E-state index in [0.717, 1.165) is 32.5 Å². The van der Waals surface area contributed by atoms with Gasteiger partial charge in [-0.2, -0.15) is 0 Å². The van der Waals surface area contributed by atoms with Gasteiger partial charge < -0.3 is 9.80 Å². The van der Waals surface area contributed by atoms with Crippen LogP contribution in [0.5, 0.6) is 0 Å². The molecule has 0 aromatic carbocycles. The number of carbonyl (C=O) groups excluding carboxylic acids is 1. The van der Waals surface area contributed by atoms with Crippen LogP contribution in [0.4, 0.5) is 0 Å². The van der Waals surface area contributed by atoms with E-state index in [9.17, 15) is 4.79 Å². The summed E-state index contributed by atoms with van der Waals surface area (Å²) in [7, 11) is 0. The van der Waals surface area contributed by atoms with Crippen LogP contribution in [0.25, 0.3) is 0 Å². The zero-order valence-corrected chi connectivity index (χ0v) is 11.6. The molecule has 0 aromatic heterocycles. The molecule has 0 aliphatic carbocycles. The second-order valence-corrected chi connectivity index (χ2v) is 6.05. The first-order chi connectivity index (χ1) is 7.70. The third-order valence-electron chi connectivity index (χ3n) is 3.76. The fourth-order valence-electron chi connectivity index (χ4n) is 2.74. The number of amides is 1. The molecule has 0 N–H and O–H groups in total. The third kappa shape index (κ3) is 2.77. The molecular formula is C12H21BrN2O. The van der Waals surface area contributed by atoms with Crippen LogP contribution in [-0.4, -0.2) is 53.3 Å². The van der Waals surface area contributed by atoms with E-state index in [4.69, 9.17) is 0 Å². The standard InChI is InChI=1S/C12H21BrN2O/c1-2-14-7-5-10(8-14)9-15-6-3-4-11(13)12(15)16/h10-11H,2-9H2,1H3. The lowest BCUT2D eigenvalue weighted by molar-refractivity contribution is -0.133. The Hall–Kier alpha value is -0.0900. The molecule has 2 fully saturated rings. The van der Waals surface area contributed by atoms with E-state index in [1.807, 2.05) is 0 Å². The Labute approximate surface area is 106 Å². The van der Waals surface area contributed by atoms with Crippen LogP contribution in [0, 0.1) is 5.92 Å². The summed E-state index contributed by atoms with van der Waals surface area (Å²) in [6.07, 6.45) is 3.40. The van der Waals surface area contributed by atoms with Crippen LogP contribution < -0.4 is 0 Å². The number of rotatable bonds is 3. The summed E-state index contributed by atoms with van der Waals surface area (Å²) >= 11 is 3.47. The molecule has 2 unspecified atom stereocenters. The molecule has 0 radical (unpaired) electrons. The molecular weight excluding hydrogens is 268 g/mol. The normalized spacial score (nSPS) is 32.4. The monoisotopic (exact) mass is 288 g/mol. The summed E-state index contributed by atoms with van der Waals surface area (Å²) in [4.78, 5) is 16.5. The van der Waals surface area contributed by atoms with E-state index in [0.29, 0.717) is 11.8 Å². The minimum Gasteiger partial charge on any atom is -0.341 e. The molecule has 2 heterocycles. The summed E-state index contributed by atoms with van der Waals surface area (Å²) in [5.74, 6) is 1.00. The van der Waals surface area contributed by atoms with Crippen molar-refractivity contribution in [2.75, 3.05) is 32.7 Å². The number of hydrogen-bond donors (Lipinski definition) is 0. The van der Waals surface area contributed by atoms with Gasteiger partial charge in [-0.25, -0.2) is 0 Å². The van der Waals surface area contributed by atoms with Gasteiger partial charge in [0.25, 0.3) is 0 Å². The quantitative estimate of drug-likeness (QED) is 0.739. The highest BCUT2D eigenvalue weighted by Crippen LogP contribution is 2.22. The van der Waals surface area contributed by atoms with E-state index in [1.165, 1.54) is 19.5 Å². The van der Waals surface area contributed by atoms with Crippen molar-refractivity contribution in [3.05, 3.63) is 0 Å². The minimum absolute atomic E-state index is 0.0740. The van der Waals surface area contributed by atoms with Crippen LogP contribution in [0.2, 0.25) is 0 Å². The number of piperidine rings is 1. The van der Waals surface area contributed by atoms with E-state index < -0.39 is 0 Å². The molecule has 0 bridgehead atoms. The molecule has 2 saturated heterocycles. The van der Waals surface area contributed by atoms with Gasteiger partial charge >= 0.3 is 0 Å². The summed E-state index contributed by atoms with van der Waals surface area (Å²) in [6.45, 7) is 7.67. The van der Waals surface area contributed by atoms with Crippen molar-refractivity contribution in [3.63, 3.8) is 0 Å². The SMILES string of the molecule is CCN1CCC(CN2CCCC(Br)C2=O)C1. The van der Waals surface area contributed by atoms with E-state index >= 15 is 0 Å². The highest BCUT2D eigenvalue weighted by molar-refractivity contribution is 9.10. The van der Waals surface area contributed by atoms with Crippen LogP contribution in [0.15, 0.2) is 0 Å². The average Bonchev–Trinajstić information content (AvgIpc) is 2.73. The first-order valence-corrected chi connectivity index (χ1v) is 7.27. The number of carbonyl (C=O) groups is 1. The fourth-order valence-corrected chi connectivity index (χ4v) is 3.35. The van der Waals surface area contributed by atoms with Crippen LogP contribution in [0.3, 0.4) is 0 Å². The molecule has 2 rings (SSSR count). The predicted molar refractivity (Wildman–Crippen MR) is 68.8 cm³/mol. The van der Waals surface area contributed by atoms with Crippen LogP contribution in [-0.2, 0) is 4.79 Å². The molecule has 0 saturated carbocycles. The van der Waals surface area contributed by atoms with Crippen molar-refractivity contribution in [2.24, 2.45) is 5.92 Å². The number of halogens is 1. The molecule has 2 aliphatic heterocycles. The lowest BCUT2D eigenvalue weighted by atomic mass is 10.1. The Bertz CT molecular complexity index is 259. The highest BCUT2D eigenvalue weighted by Gasteiger charge is 2.30. The Morgan fingerprint density at radius 3 is 2.88 bits per heavy atom. The predicted octanol–water partition coefficient (Wildman–Crippen LogP) is 1.71. The first-order valence-electron chi connectivity index (χ1n) is 6.36. The lowest BCUT2D eigenvalue weighted by Crippen LogP contribution is -2.44. The van der Waals surface area contributed by atoms with E-state index in [2.05, 4.69) is 32.7 Å². The van der Waals surface area contributed by atoms with Crippen molar-refractivity contribution in [3.8, 4) is 0 Å². The fraction of sp³-hybridized carbons (Fsp3) is 0.917. The second kappa shape index (κ2) is 5.50. The molecule has 0 spiro atoms. The highest BCUT2D eigenvalue weighted by atomic mass is 79.9. The van der Waals surface area contributed by atoms with Gasteiger partial charge in [0, 0.05) is 19.6 Å². The Kier molecular flexibility index (Phi) is 4.25. The average molecular weight is 289 g/mol. The summed E-state index contributed by atoms with van der Waals surface area (Å²) in [5, 5.41) is 0. The summed E-state index contributed by atoms with van der Waals surface area (Å²) in [5.41, 5.74) is 0.